The Hall–Kier alpha value is -6.59. The number of hydrogen-bond donors (Lipinski definition) is 9. The fourth-order valence-corrected chi connectivity index (χ4v) is 6.53. The second-order valence-electron chi connectivity index (χ2n) is 15.0. The molecule has 0 spiro atoms. The minimum atomic E-state index is -1.25. The van der Waals surface area contributed by atoms with E-state index in [1.807, 2.05) is 0 Å². The fourth-order valence-electron chi connectivity index (χ4n) is 6.53. The number of aliphatic carboxylic acids is 1. The molecule has 5 atom stereocenters. The van der Waals surface area contributed by atoms with E-state index in [1.165, 1.54) is 6.92 Å². The summed E-state index contributed by atoms with van der Waals surface area (Å²) in [6, 6.07) is 11.9. The van der Waals surface area contributed by atoms with E-state index in [1.54, 1.807) is 74.5 Å². The lowest BCUT2D eigenvalue weighted by Crippen LogP contribution is -2.60. The Labute approximate surface area is 348 Å². The number of rotatable bonds is 22. The van der Waals surface area contributed by atoms with E-state index in [0.717, 1.165) is 31.4 Å². The van der Waals surface area contributed by atoms with E-state index >= 15 is 0 Å². The van der Waals surface area contributed by atoms with Gasteiger partial charge in [-0.3, -0.25) is 38.4 Å². The smallest absolute Gasteiger partial charge is 0.326 e. The van der Waals surface area contributed by atoms with Gasteiger partial charge in [0.2, 0.25) is 47.3 Å². The van der Waals surface area contributed by atoms with E-state index in [4.69, 9.17) is 5.73 Å². The molecule has 18 heteroatoms. The molecule has 0 aliphatic heterocycles. The average Bonchev–Trinajstić information content (AvgIpc) is 3.22. The molecule has 8 amide bonds. The van der Waals surface area contributed by atoms with Gasteiger partial charge in [0, 0.05) is 25.0 Å². The Kier molecular flexibility index (Phi) is 19.4. The minimum absolute atomic E-state index is 0.0210. The SMILES string of the molecule is CC(NC(=O)C(NC(=O)C(Cc1ccccc1)NC(=O)C=CC(=O)NCC(=O)NCC(=O)NC(Cc1ccccc1)C(=O)O)C1CCCCC1)C(=O)NC(C(N)=O)C(C)C. The number of amides is 8. The van der Waals surface area contributed by atoms with E-state index < -0.39 is 96.5 Å². The lowest BCUT2D eigenvalue weighted by Gasteiger charge is -2.32. The third-order valence-electron chi connectivity index (χ3n) is 9.81. The van der Waals surface area contributed by atoms with Gasteiger partial charge in [0.15, 0.2) is 0 Å². The Morgan fingerprint density at radius 3 is 1.73 bits per heavy atom. The number of primary amides is 1. The van der Waals surface area contributed by atoms with Gasteiger partial charge in [-0.15, -0.1) is 0 Å². The minimum Gasteiger partial charge on any atom is -0.480 e. The molecule has 18 nitrogen and oxygen atoms in total. The molecule has 3 rings (SSSR count). The summed E-state index contributed by atoms with van der Waals surface area (Å²) < 4.78 is 0. The summed E-state index contributed by atoms with van der Waals surface area (Å²) in [5, 5.41) is 27.0. The monoisotopic (exact) mass is 832 g/mol. The van der Waals surface area contributed by atoms with Gasteiger partial charge in [-0.25, -0.2) is 4.79 Å². The summed E-state index contributed by atoms with van der Waals surface area (Å²) in [4.78, 5) is 114. The van der Waals surface area contributed by atoms with Gasteiger partial charge < -0.3 is 48.1 Å². The highest BCUT2D eigenvalue weighted by molar-refractivity contribution is 6.00. The third-order valence-corrected chi connectivity index (χ3v) is 9.81. The van der Waals surface area contributed by atoms with E-state index in [-0.39, 0.29) is 24.7 Å². The largest absolute Gasteiger partial charge is 0.480 e. The standard InChI is InChI=1S/C42H56N8O10/c1-25(2)36(38(43)55)49-39(56)26(3)46-41(58)37(29-17-11-6-12-18-29)50-40(57)30(21-27-13-7-4-8-14-27)47-33(52)20-19-32(51)44-23-34(53)45-24-35(54)48-31(42(59)60)22-28-15-9-5-10-16-28/h4-5,7-10,13-16,19-20,25-26,29-31,36-37H,6,11-12,17-18,21-24H2,1-3H3,(H2,43,55)(H,44,51)(H,45,53)(H,46,58)(H,47,52)(H,48,54)(H,49,56)(H,50,57)(H,59,60). The predicted molar refractivity (Wildman–Crippen MR) is 219 cm³/mol. The van der Waals surface area contributed by atoms with E-state index in [9.17, 15) is 48.3 Å². The van der Waals surface area contributed by atoms with Gasteiger partial charge in [0.05, 0.1) is 13.1 Å². The van der Waals surface area contributed by atoms with Gasteiger partial charge >= 0.3 is 5.97 Å². The van der Waals surface area contributed by atoms with Crippen molar-refractivity contribution in [3.8, 4) is 0 Å². The molecule has 0 radical (unpaired) electrons. The number of nitrogens with two attached hydrogens (primary N) is 1. The van der Waals surface area contributed by atoms with Crippen molar-refractivity contribution in [1.29, 1.82) is 0 Å². The predicted octanol–water partition coefficient (Wildman–Crippen LogP) is -0.489. The molecule has 10 N–H and O–H groups in total. The second kappa shape index (κ2) is 24.4. The quantitative estimate of drug-likeness (QED) is 0.0687. The molecule has 1 fully saturated rings. The highest BCUT2D eigenvalue weighted by Gasteiger charge is 2.35. The Morgan fingerprint density at radius 2 is 1.18 bits per heavy atom. The van der Waals surface area contributed by atoms with E-state index in [0.29, 0.717) is 24.0 Å². The van der Waals surface area contributed by atoms with E-state index in [2.05, 4.69) is 37.2 Å². The highest BCUT2D eigenvalue weighted by atomic mass is 16.4. The molecule has 2 aromatic rings. The van der Waals surface area contributed by atoms with Gasteiger partial charge in [0.1, 0.15) is 30.2 Å². The number of hydrogen-bond acceptors (Lipinski definition) is 9. The van der Waals surface area contributed by atoms with Crippen LogP contribution in [0.2, 0.25) is 0 Å². The lowest BCUT2D eigenvalue weighted by atomic mass is 9.83. The van der Waals surface area contributed by atoms with Gasteiger partial charge in [0.25, 0.3) is 0 Å². The van der Waals surface area contributed by atoms with Crippen molar-refractivity contribution < 1.29 is 48.3 Å². The molecule has 324 valence electrons. The molecule has 1 saturated carbocycles. The van der Waals surface area contributed by atoms with Crippen LogP contribution in [0, 0.1) is 11.8 Å². The molecular weight excluding hydrogens is 777 g/mol. The van der Waals surface area contributed by atoms with Crippen molar-refractivity contribution in [1.82, 2.24) is 37.2 Å². The number of carbonyl (C=O) groups is 9. The first-order chi connectivity index (χ1) is 28.5. The molecule has 5 unspecified atom stereocenters. The van der Waals surface area contributed by atoms with Crippen LogP contribution in [0.1, 0.15) is 64.0 Å². The fraction of sp³-hybridized carbons (Fsp3) is 0.452. The first kappa shape index (κ1) is 47.8. The molecule has 1 aliphatic rings. The van der Waals surface area contributed by atoms with Crippen molar-refractivity contribution >= 4 is 53.2 Å². The van der Waals surface area contributed by atoms with Gasteiger partial charge in [-0.1, -0.05) is 93.8 Å². The summed E-state index contributed by atoms with van der Waals surface area (Å²) in [6.07, 6.45) is 5.64. The lowest BCUT2D eigenvalue weighted by molar-refractivity contribution is -0.141. The molecule has 2 aromatic carbocycles. The number of carboxylic acids is 1. The molecule has 0 heterocycles. The maximum absolute atomic E-state index is 13.9. The van der Waals surface area contributed by atoms with Crippen LogP contribution in [0.25, 0.3) is 0 Å². The average molecular weight is 833 g/mol. The van der Waals surface area contributed by atoms with Crippen LogP contribution < -0.4 is 43.0 Å². The van der Waals surface area contributed by atoms with Crippen LogP contribution in [-0.2, 0) is 56.0 Å². The molecular formula is C42H56N8O10. The van der Waals surface area contributed by atoms with Gasteiger partial charge in [-0.05, 0) is 42.7 Å². The number of carboxylic acid groups (broad SMARTS) is 1. The maximum atomic E-state index is 13.9. The van der Waals surface area contributed by atoms with Crippen LogP contribution in [-0.4, -0.2) is 102 Å². The number of nitrogens with one attached hydrogen (secondary N) is 7. The molecule has 1 aliphatic carbocycles. The Balaban J connectivity index is 1.60. The normalized spacial score (nSPS) is 15.3. The first-order valence-corrected chi connectivity index (χ1v) is 19.9. The van der Waals surface area contributed by atoms with Gasteiger partial charge in [-0.2, -0.15) is 0 Å². The van der Waals surface area contributed by atoms with Crippen LogP contribution in [0.15, 0.2) is 72.8 Å². The molecule has 0 saturated heterocycles. The zero-order valence-corrected chi connectivity index (χ0v) is 34.0. The molecule has 60 heavy (non-hydrogen) atoms. The van der Waals surface area contributed by atoms with Crippen LogP contribution >= 0.6 is 0 Å². The van der Waals surface area contributed by atoms with Crippen molar-refractivity contribution in [3.63, 3.8) is 0 Å². The molecule has 0 aromatic heterocycles. The Morgan fingerprint density at radius 1 is 0.633 bits per heavy atom. The van der Waals surface area contributed by atoms with Crippen molar-refractivity contribution in [3.05, 3.63) is 83.9 Å². The topological polar surface area (TPSA) is 284 Å². The Bertz CT molecular complexity index is 1850. The number of benzene rings is 2. The zero-order valence-electron chi connectivity index (χ0n) is 34.0. The third kappa shape index (κ3) is 16.7. The van der Waals surface area contributed by atoms with Crippen LogP contribution in [0.4, 0.5) is 0 Å². The van der Waals surface area contributed by atoms with Crippen LogP contribution in [0.5, 0.6) is 0 Å². The summed E-state index contributed by atoms with van der Waals surface area (Å²) in [5.41, 5.74) is 6.81. The van der Waals surface area contributed by atoms with Crippen molar-refractivity contribution in [2.75, 3.05) is 13.1 Å². The van der Waals surface area contributed by atoms with Crippen molar-refractivity contribution in [2.24, 2.45) is 17.6 Å². The van der Waals surface area contributed by atoms with Crippen molar-refractivity contribution in [2.45, 2.75) is 95.9 Å². The first-order valence-electron chi connectivity index (χ1n) is 19.9. The summed E-state index contributed by atoms with van der Waals surface area (Å²) in [5.74, 6) is -7.65. The highest BCUT2D eigenvalue weighted by Crippen LogP contribution is 2.27. The maximum Gasteiger partial charge on any atom is 0.326 e. The van der Waals surface area contributed by atoms with Crippen LogP contribution in [0.3, 0.4) is 0 Å². The summed E-state index contributed by atoms with van der Waals surface area (Å²) >= 11 is 0. The number of carbonyl (C=O) groups excluding carboxylic acids is 8. The molecule has 0 bridgehead atoms. The zero-order chi connectivity index (χ0) is 44.2. The summed E-state index contributed by atoms with van der Waals surface area (Å²) in [7, 11) is 0. The second-order valence-corrected chi connectivity index (χ2v) is 15.0. The summed E-state index contributed by atoms with van der Waals surface area (Å²) in [6.45, 7) is 3.76.